The van der Waals surface area contributed by atoms with E-state index in [2.05, 4.69) is 15.5 Å². The summed E-state index contributed by atoms with van der Waals surface area (Å²) in [6.45, 7) is 3.75. The van der Waals surface area contributed by atoms with Crippen molar-refractivity contribution in [2.75, 3.05) is 11.1 Å². The minimum atomic E-state index is -0.194. The zero-order valence-corrected chi connectivity index (χ0v) is 11.0. The first-order valence-corrected chi connectivity index (χ1v) is 6.10. The lowest BCUT2D eigenvalue weighted by atomic mass is 10.1. The molecule has 0 bridgehead atoms. The minimum Gasteiger partial charge on any atom is -0.399 e. The Kier molecular flexibility index (Phi) is 3.75. The SMILES string of the molecule is CCc1nnc(C)cc1C(=O)Nc1cccc(N)c1. The number of hydrogen-bond donors (Lipinski definition) is 2. The van der Waals surface area contributed by atoms with Gasteiger partial charge in [0, 0.05) is 11.4 Å². The van der Waals surface area contributed by atoms with Gasteiger partial charge in [0.25, 0.3) is 5.91 Å². The van der Waals surface area contributed by atoms with E-state index in [1.807, 2.05) is 13.8 Å². The first-order chi connectivity index (χ1) is 9.10. The summed E-state index contributed by atoms with van der Waals surface area (Å²) in [4.78, 5) is 12.2. The number of benzene rings is 1. The van der Waals surface area contributed by atoms with Crippen molar-refractivity contribution < 1.29 is 4.79 Å². The smallest absolute Gasteiger partial charge is 0.257 e. The van der Waals surface area contributed by atoms with Crippen molar-refractivity contribution in [2.24, 2.45) is 0 Å². The van der Waals surface area contributed by atoms with Crippen molar-refractivity contribution in [1.82, 2.24) is 10.2 Å². The summed E-state index contributed by atoms with van der Waals surface area (Å²) in [6, 6.07) is 8.81. The van der Waals surface area contributed by atoms with Gasteiger partial charge >= 0.3 is 0 Å². The third kappa shape index (κ3) is 3.07. The van der Waals surface area contributed by atoms with Crippen LogP contribution in [0, 0.1) is 6.92 Å². The Balaban J connectivity index is 2.27. The van der Waals surface area contributed by atoms with E-state index < -0.39 is 0 Å². The summed E-state index contributed by atoms with van der Waals surface area (Å²) in [6.07, 6.45) is 0.660. The number of aromatic nitrogens is 2. The number of hydrogen-bond acceptors (Lipinski definition) is 4. The van der Waals surface area contributed by atoms with Crippen molar-refractivity contribution in [3.63, 3.8) is 0 Å². The standard InChI is InChI=1S/C14H16N4O/c1-3-13-12(7-9(2)17-18-13)14(19)16-11-6-4-5-10(15)8-11/h4-8H,3,15H2,1-2H3,(H,16,19). The maximum Gasteiger partial charge on any atom is 0.257 e. The van der Waals surface area contributed by atoms with Gasteiger partial charge in [0.15, 0.2) is 0 Å². The lowest BCUT2D eigenvalue weighted by Gasteiger charge is -2.09. The van der Waals surface area contributed by atoms with Crippen LogP contribution in [0.5, 0.6) is 0 Å². The van der Waals surface area contributed by atoms with E-state index in [0.717, 1.165) is 5.69 Å². The van der Waals surface area contributed by atoms with Crippen LogP contribution in [0.15, 0.2) is 30.3 Å². The van der Waals surface area contributed by atoms with Crippen molar-refractivity contribution >= 4 is 17.3 Å². The van der Waals surface area contributed by atoms with Gasteiger partial charge in [-0.15, -0.1) is 0 Å². The largest absolute Gasteiger partial charge is 0.399 e. The molecule has 0 aliphatic carbocycles. The van der Waals surface area contributed by atoms with Gasteiger partial charge in [-0.2, -0.15) is 10.2 Å². The van der Waals surface area contributed by atoms with E-state index >= 15 is 0 Å². The molecular weight excluding hydrogens is 240 g/mol. The highest BCUT2D eigenvalue weighted by molar-refractivity contribution is 6.05. The molecule has 1 aromatic heterocycles. The average molecular weight is 256 g/mol. The third-order valence-corrected chi connectivity index (χ3v) is 2.72. The lowest BCUT2D eigenvalue weighted by molar-refractivity contribution is 0.102. The molecule has 5 nitrogen and oxygen atoms in total. The fourth-order valence-electron chi connectivity index (χ4n) is 1.79. The van der Waals surface area contributed by atoms with E-state index in [1.165, 1.54) is 0 Å². The van der Waals surface area contributed by atoms with Crippen LogP contribution in [0.1, 0.15) is 28.7 Å². The fourth-order valence-corrected chi connectivity index (χ4v) is 1.79. The highest BCUT2D eigenvalue weighted by Gasteiger charge is 2.13. The number of amides is 1. The Morgan fingerprint density at radius 1 is 1.32 bits per heavy atom. The summed E-state index contributed by atoms with van der Waals surface area (Å²) < 4.78 is 0. The molecule has 0 fully saturated rings. The highest BCUT2D eigenvalue weighted by Crippen LogP contribution is 2.15. The van der Waals surface area contributed by atoms with Crippen molar-refractivity contribution in [1.29, 1.82) is 0 Å². The van der Waals surface area contributed by atoms with E-state index in [1.54, 1.807) is 30.3 Å². The summed E-state index contributed by atoms with van der Waals surface area (Å²) in [5.41, 5.74) is 8.91. The van der Waals surface area contributed by atoms with Gasteiger partial charge in [-0.25, -0.2) is 0 Å². The topological polar surface area (TPSA) is 80.9 Å². The number of rotatable bonds is 3. The molecule has 0 saturated heterocycles. The van der Waals surface area contributed by atoms with E-state index in [-0.39, 0.29) is 5.91 Å². The average Bonchev–Trinajstić information content (AvgIpc) is 2.38. The zero-order valence-electron chi connectivity index (χ0n) is 11.0. The summed E-state index contributed by atoms with van der Waals surface area (Å²) >= 11 is 0. The van der Waals surface area contributed by atoms with Crippen molar-refractivity contribution in [3.05, 3.63) is 47.3 Å². The monoisotopic (exact) mass is 256 g/mol. The first kappa shape index (κ1) is 13.0. The Labute approximate surface area is 111 Å². The van der Waals surface area contributed by atoms with E-state index in [9.17, 15) is 4.79 Å². The van der Waals surface area contributed by atoms with Gasteiger partial charge in [-0.3, -0.25) is 4.79 Å². The molecule has 2 rings (SSSR count). The van der Waals surface area contributed by atoms with Gasteiger partial charge in [0.1, 0.15) is 0 Å². The van der Waals surface area contributed by atoms with Crippen LogP contribution in [0.25, 0.3) is 0 Å². The van der Waals surface area contributed by atoms with Gasteiger partial charge in [0.05, 0.1) is 17.0 Å². The molecule has 0 atom stereocenters. The molecule has 0 spiro atoms. The van der Waals surface area contributed by atoms with Crippen LogP contribution < -0.4 is 11.1 Å². The minimum absolute atomic E-state index is 0.194. The van der Waals surface area contributed by atoms with Crippen molar-refractivity contribution in [2.45, 2.75) is 20.3 Å². The number of aryl methyl sites for hydroxylation is 2. The number of nitrogens with zero attached hydrogens (tertiary/aromatic N) is 2. The summed E-state index contributed by atoms with van der Waals surface area (Å²) in [5.74, 6) is -0.194. The normalized spacial score (nSPS) is 10.2. The molecule has 5 heteroatoms. The van der Waals surface area contributed by atoms with Crippen LogP contribution in [-0.2, 0) is 6.42 Å². The molecule has 2 aromatic rings. The molecular formula is C14H16N4O. The highest BCUT2D eigenvalue weighted by atomic mass is 16.1. The molecule has 0 aliphatic heterocycles. The number of anilines is 2. The third-order valence-electron chi connectivity index (χ3n) is 2.72. The number of carbonyl (C=O) groups is 1. The van der Waals surface area contributed by atoms with E-state index in [4.69, 9.17) is 5.73 Å². The van der Waals surface area contributed by atoms with Crippen LogP contribution in [0.4, 0.5) is 11.4 Å². The number of nitrogens with two attached hydrogens (primary N) is 1. The molecule has 19 heavy (non-hydrogen) atoms. The maximum absolute atomic E-state index is 12.2. The molecule has 98 valence electrons. The predicted octanol–water partition coefficient (Wildman–Crippen LogP) is 2.18. The Morgan fingerprint density at radius 2 is 2.11 bits per heavy atom. The summed E-state index contributed by atoms with van der Waals surface area (Å²) in [7, 11) is 0. The molecule has 1 amide bonds. The van der Waals surface area contributed by atoms with Crippen LogP contribution in [0.3, 0.4) is 0 Å². The zero-order chi connectivity index (χ0) is 13.8. The second kappa shape index (κ2) is 5.48. The number of nitrogens with one attached hydrogen (secondary N) is 1. The Hall–Kier alpha value is -2.43. The van der Waals surface area contributed by atoms with Gasteiger partial charge < -0.3 is 11.1 Å². The van der Waals surface area contributed by atoms with Crippen LogP contribution >= 0.6 is 0 Å². The maximum atomic E-state index is 12.2. The van der Waals surface area contributed by atoms with Crippen LogP contribution in [0.2, 0.25) is 0 Å². The molecule has 0 aliphatic rings. The second-order valence-corrected chi connectivity index (χ2v) is 4.28. The van der Waals surface area contributed by atoms with Gasteiger partial charge in [-0.1, -0.05) is 13.0 Å². The predicted molar refractivity (Wildman–Crippen MR) is 75.0 cm³/mol. The molecule has 0 radical (unpaired) electrons. The lowest BCUT2D eigenvalue weighted by Crippen LogP contribution is -2.16. The fraction of sp³-hybridized carbons (Fsp3) is 0.214. The molecule has 1 heterocycles. The molecule has 0 unspecified atom stereocenters. The first-order valence-electron chi connectivity index (χ1n) is 6.10. The van der Waals surface area contributed by atoms with E-state index in [0.29, 0.717) is 29.1 Å². The number of nitrogen functional groups attached to an aromatic ring is 1. The van der Waals surface area contributed by atoms with Gasteiger partial charge in [-0.05, 0) is 37.6 Å². The van der Waals surface area contributed by atoms with Crippen molar-refractivity contribution in [3.8, 4) is 0 Å². The Morgan fingerprint density at radius 3 is 2.79 bits per heavy atom. The second-order valence-electron chi connectivity index (χ2n) is 4.28. The number of carbonyl (C=O) groups excluding carboxylic acids is 1. The molecule has 0 saturated carbocycles. The Bertz CT molecular complexity index is 610. The van der Waals surface area contributed by atoms with Crippen LogP contribution in [-0.4, -0.2) is 16.1 Å². The van der Waals surface area contributed by atoms with Gasteiger partial charge in [0.2, 0.25) is 0 Å². The molecule has 3 N–H and O–H groups in total. The molecule has 1 aromatic carbocycles. The summed E-state index contributed by atoms with van der Waals surface area (Å²) in [5, 5.41) is 10.8. The quantitative estimate of drug-likeness (QED) is 0.825.